The Morgan fingerprint density at radius 3 is 2.51 bits per heavy atom. The summed E-state index contributed by atoms with van der Waals surface area (Å²) >= 11 is 0. The molecule has 0 aliphatic heterocycles. The summed E-state index contributed by atoms with van der Waals surface area (Å²) in [5, 5.41) is 14.3. The zero-order chi connectivity index (χ0) is 27.4. The number of aromatic nitrogens is 7. The summed E-state index contributed by atoms with van der Waals surface area (Å²) in [6.45, 7) is 9.22. The monoisotopic (exact) mass is 521 g/mol. The number of rotatable bonds is 10. The van der Waals surface area contributed by atoms with Gasteiger partial charge in [0.25, 0.3) is 0 Å². The number of imidazole rings is 1. The van der Waals surface area contributed by atoms with Crippen molar-refractivity contribution in [3.8, 4) is 28.3 Å². The summed E-state index contributed by atoms with van der Waals surface area (Å²) in [4.78, 5) is 18.5. The molecule has 0 aliphatic carbocycles. The minimum Gasteiger partial charge on any atom is -0.292 e. The minimum atomic E-state index is 0.0119. The molecule has 0 aliphatic rings. The van der Waals surface area contributed by atoms with E-state index in [1.807, 2.05) is 33.4 Å². The van der Waals surface area contributed by atoms with Gasteiger partial charge in [-0.25, -0.2) is 9.89 Å². The number of nitrogens with one attached hydrogen (secondary N) is 1. The van der Waals surface area contributed by atoms with E-state index in [4.69, 9.17) is 0 Å². The van der Waals surface area contributed by atoms with Crippen molar-refractivity contribution in [2.75, 3.05) is 0 Å². The van der Waals surface area contributed by atoms with E-state index in [1.165, 1.54) is 11.1 Å². The van der Waals surface area contributed by atoms with Crippen molar-refractivity contribution in [3.05, 3.63) is 99.9 Å². The van der Waals surface area contributed by atoms with Gasteiger partial charge in [-0.1, -0.05) is 76.6 Å². The molecule has 0 atom stereocenters. The fraction of sp³-hybridized carbons (Fsp3) is 0.323. The van der Waals surface area contributed by atoms with Gasteiger partial charge in [-0.15, -0.1) is 5.10 Å². The molecule has 0 amide bonds. The van der Waals surface area contributed by atoms with Crippen LogP contribution < -0.4 is 5.69 Å². The van der Waals surface area contributed by atoms with E-state index in [-0.39, 0.29) is 5.69 Å². The van der Waals surface area contributed by atoms with E-state index in [0.29, 0.717) is 18.3 Å². The highest BCUT2D eigenvalue weighted by molar-refractivity contribution is 5.76. The van der Waals surface area contributed by atoms with Gasteiger partial charge in [0.15, 0.2) is 5.82 Å². The van der Waals surface area contributed by atoms with E-state index in [0.717, 1.165) is 59.4 Å². The van der Waals surface area contributed by atoms with Gasteiger partial charge in [0.05, 0.1) is 17.9 Å². The van der Waals surface area contributed by atoms with Crippen LogP contribution in [0.5, 0.6) is 0 Å². The van der Waals surface area contributed by atoms with Gasteiger partial charge in [0, 0.05) is 29.2 Å². The van der Waals surface area contributed by atoms with Gasteiger partial charge in [-0.05, 0) is 64.4 Å². The molecule has 2 aromatic carbocycles. The first-order valence-corrected chi connectivity index (χ1v) is 13.7. The van der Waals surface area contributed by atoms with Crippen LogP contribution in [0.4, 0.5) is 0 Å². The smallest absolute Gasteiger partial charge is 0.292 e. The van der Waals surface area contributed by atoms with Crippen LogP contribution in [0.15, 0.2) is 71.8 Å². The zero-order valence-electron chi connectivity index (χ0n) is 23.1. The molecule has 0 radical (unpaired) electrons. The summed E-state index contributed by atoms with van der Waals surface area (Å²) in [6.07, 6.45) is 7.68. The average Bonchev–Trinajstić information content (AvgIpc) is 3.61. The van der Waals surface area contributed by atoms with Crippen LogP contribution in [0.2, 0.25) is 0 Å². The largest absolute Gasteiger partial charge is 0.333 e. The van der Waals surface area contributed by atoms with Crippen LogP contribution in [0.3, 0.4) is 0 Å². The number of aromatic amines is 1. The molecule has 8 heteroatoms. The van der Waals surface area contributed by atoms with Crippen LogP contribution in [-0.2, 0) is 19.4 Å². The molecule has 5 rings (SSSR count). The third-order valence-corrected chi connectivity index (χ3v) is 7.22. The molecule has 200 valence electrons. The number of para-hydroxylation sites is 1. The maximum atomic E-state index is 14.0. The summed E-state index contributed by atoms with van der Waals surface area (Å²) < 4.78 is 3.83. The number of hydrogen-bond acceptors (Lipinski definition) is 5. The van der Waals surface area contributed by atoms with Crippen LogP contribution in [-0.4, -0.2) is 34.7 Å². The highest BCUT2D eigenvalue weighted by Gasteiger charge is 2.19. The molecule has 0 fully saturated rings. The molecule has 5 aromatic rings. The summed E-state index contributed by atoms with van der Waals surface area (Å²) in [6, 6.07) is 18.4. The number of tetrazole rings is 1. The second kappa shape index (κ2) is 11.6. The van der Waals surface area contributed by atoms with Crippen molar-refractivity contribution in [2.45, 2.75) is 65.8 Å². The van der Waals surface area contributed by atoms with E-state index < -0.39 is 0 Å². The first-order valence-electron chi connectivity index (χ1n) is 13.7. The molecule has 1 N–H and O–H groups in total. The van der Waals surface area contributed by atoms with E-state index >= 15 is 0 Å². The summed E-state index contributed by atoms with van der Waals surface area (Å²) in [5.74, 6) is 0.890. The lowest BCUT2D eigenvalue weighted by Crippen LogP contribution is -2.26. The number of unbranched alkanes of at least 4 members (excludes halogenated alkanes) is 1. The van der Waals surface area contributed by atoms with Crippen molar-refractivity contribution < 1.29 is 0 Å². The molecule has 0 saturated carbocycles. The number of aryl methyl sites for hydroxylation is 2. The van der Waals surface area contributed by atoms with Crippen molar-refractivity contribution in [1.82, 2.24) is 34.7 Å². The quantitative estimate of drug-likeness (QED) is 0.245. The molecule has 3 heterocycles. The third-order valence-electron chi connectivity index (χ3n) is 7.22. The Morgan fingerprint density at radius 2 is 1.82 bits per heavy atom. The molecular weight excluding hydrogens is 486 g/mol. The standard InChI is InChI=1S/C31H35N7O/c1-5-7-11-25-20-38(29-23(6-2)10-8-12-26(29)21(3)4)31(39)37(25)19-22-14-16-24(17-15-22)28-27(13-9-18-32-28)30-33-35-36-34-30/h8-10,12-18,20-21H,5-7,11,19H2,1-4H3,(H,33,34,35,36). The van der Waals surface area contributed by atoms with Crippen molar-refractivity contribution >= 4 is 0 Å². The van der Waals surface area contributed by atoms with Gasteiger partial charge < -0.3 is 0 Å². The lowest BCUT2D eigenvalue weighted by Gasteiger charge is -2.16. The molecule has 0 spiro atoms. The fourth-order valence-electron chi connectivity index (χ4n) is 5.12. The molecule has 0 bridgehead atoms. The maximum Gasteiger partial charge on any atom is 0.333 e. The Morgan fingerprint density at radius 1 is 1.00 bits per heavy atom. The Hall–Kier alpha value is -4.33. The number of hydrogen-bond donors (Lipinski definition) is 1. The Bertz CT molecular complexity index is 1600. The summed E-state index contributed by atoms with van der Waals surface area (Å²) in [7, 11) is 0. The minimum absolute atomic E-state index is 0.0119. The number of H-pyrrole nitrogens is 1. The number of pyridine rings is 1. The fourth-order valence-corrected chi connectivity index (χ4v) is 5.12. The topological polar surface area (TPSA) is 94.3 Å². The normalized spacial score (nSPS) is 11.4. The SMILES string of the molecule is CCCCc1cn(-c2c(CC)cccc2C(C)C)c(=O)n1Cc1ccc(-c2ncccc2-c2nnn[nH]2)cc1. The number of nitrogens with zero attached hydrogens (tertiary/aromatic N) is 6. The van der Waals surface area contributed by atoms with Gasteiger partial charge >= 0.3 is 5.69 Å². The third kappa shape index (κ3) is 5.32. The van der Waals surface area contributed by atoms with Crippen molar-refractivity contribution in [1.29, 1.82) is 0 Å². The van der Waals surface area contributed by atoms with Crippen molar-refractivity contribution in [3.63, 3.8) is 0 Å². The first-order chi connectivity index (χ1) is 19.0. The maximum absolute atomic E-state index is 14.0. The second-order valence-corrected chi connectivity index (χ2v) is 10.2. The molecule has 39 heavy (non-hydrogen) atoms. The Labute approximate surface area is 228 Å². The van der Waals surface area contributed by atoms with Crippen LogP contribution >= 0.6 is 0 Å². The van der Waals surface area contributed by atoms with Crippen LogP contribution in [0.1, 0.15) is 68.8 Å². The highest BCUT2D eigenvalue weighted by Crippen LogP contribution is 2.29. The average molecular weight is 522 g/mol. The van der Waals surface area contributed by atoms with Crippen LogP contribution in [0.25, 0.3) is 28.3 Å². The predicted octanol–water partition coefficient (Wildman–Crippen LogP) is 5.96. The Balaban J connectivity index is 1.52. The van der Waals surface area contributed by atoms with Crippen LogP contribution in [0, 0.1) is 0 Å². The van der Waals surface area contributed by atoms with E-state index in [9.17, 15) is 4.79 Å². The first kappa shape index (κ1) is 26.3. The van der Waals surface area contributed by atoms with E-state index in [1.54, 1.807) is 6.20 Å². The van der Waals surface area contributed by atoms with Gasteiger partial charge in [0.1, 0.15) is 0 Å². The van der Waals surface area contributed by atoms with Gasteiger partial charge in [-0.3, -0.25) is 14.1 Å². The van der Waals surface area contributed by atoms with Gasteiger partial charge in [-0.2, -0.15) is 0 Å². The highest BCUT2D eigenvalue weighted by atomic mass is 16.1. The van der Waals surface area contributed by atoms with Crippen molar-refractivity contribution in [2.24, 2.45) is 0 Å². The number of benzene rings is 2. The van der Waals surface area contributed by atoms with E-state index in [2.05, 4.69) is 89.8 Å². The molecular formula is C31H35N7O. The molecule has 0 unspecified atom stereocenters. The lowest BCUT2D eigenvalue weighted by atomic mass is 9.96. The predicted molar refractivity (Wildman–Crippen MR) is 154 cm³/mol. The van der Waals surface area contributed by atoms with Gasteiger partial charge in [0.2, 0.25) is 0 Å². The second-order valence-electron chi connectivity index (χ2n) is 10.2. The molecule has 3 aromatic heterocycles. The zero-order valence-corrected chi connectivity index (χ0v) is 23.1. The summed E-state index contributed by atoms with van der Waals surface area (Å²) in [5.41, 5.74) is 8.16. The lowest BCUT2D eigenvalue weighted by molar-refractivity contribution is 0.672. The molecule has 8 nitrogen and oxygen atoms in total. The molecule has 0 saturated heterocycles. The Kier molecular flexibility index (Phi) is 7.81.